The summed E-state index contributed by atoms with van der Waals surface area (Å²) in [5.41, 5.74) is 5.49. The third kappa shape index (κ3) is 5.67. The molecule has 0 spiro atoms. The van der Waals surface area contributed by atoms with E-state index in [4.69, 9.17) is 22.7 Å². The molecule has 0 aromatic rings. The van der Waals surface area contributed by atoms with E-state index in [1.807, 2.05) is 0 Å². The number of carbonyl (C=O) groups is 1. The topological polar surface area (TPSA) is 55.6 Å². The van der Waals surface area contributed by atoms with Crippen molar-refractivity contribution in [3.63, 3.8) is 0 Å². The number of hydrogen-bond donors (Lipinski definition) is 1. The van der Waals surface area contributed by atoms with Gasteiger partial charge in [0.25, 0.3) is 0 Å². The quantitative estimate of drug-likeness (QED) is 0.755. The van der Waals surface area contributed by atoms with Crippen molar-refractivity contribution in [2.45, 2.75) is 52.1 Å². The zero-order valence-corrected chi connectivity index (χ0v) is 12.2. The van der Waals surface area contributed by atoms with Crippen LogP contribution in [0.15, 0.2) is 0 Å². The summed E-state index contributed by atoms with van der Waals surface area (Å²) in [6, 6.07) is 0. The fourth-order valence-electron chi connectivity index (χ4n) is 2.17. The van der Waals surface area contributed by atoms with Crippen molar-refractivity contribution >= 4 is 23.3 Å². The molecule has 0 radical (unpaired) electrons. The number of thiocarbonyl (C=S) groups is 1. The summed E-state index contributed by atoms with van der Waals surface area (Å²) in [5, 5.41) is 0. The summed E-state index contributed by atoms with van der Waals surface area (Å²) in [5.74, 6) is 0.410. The van der Waals surface area contributed by atoms with E-state index in [1.165, 1.54) is 0 Å². The molecule has 1 amide bonds. The fourth-order valence-corrected chi connectivity index (χ4v) is 2.26. The van der Waals surface area contributed by atoms with Crippen LogP contribution >= 0.6 is 12.2 Å². The molecule has 0 heterocycles. The number of hydrogen-bond acceptors (Lipinski definition) is 3. The van der Waals surface area contributed by atoms with Gasteiger partial charge in [-0.05, 0) is 31.6 Å². The minimum Gasteiger partial charge on any atom is -0.446 e. The van der Waals surface area contributed by atoms with Crippen molar-refractivity contribution in [3.05, 3.63) is 0 Å². The molecule has 2 N–H and O–H groups in total. The summed E-state index contributed by atoms with van der Waals surface area (Å²) in [6.07, 6.45) is 4.77. The molecule has 4 nitrogen and oxygen atoms in total. The largest absolute Gasteiger partial charge is 0.446 e. The second-order valence-corrected chi connectivity index (χ2v) is 5.87. The predicted molar refractivity (Wildman–Crippen MR) is 76.6 cm³/mol. The van der Waals surface area contributed by atoms with Crippen LogP contribution in [0.25, 0.3) is 0 Å². The van der Waals surface area contributed by atoms with Crippen molar-refractivity contribution in [3.8, 4) is 0 Å². The maximum atomic E-state index is 12.1. The number of nitrogens with zero attached hydrogens (tertiary/aromatic N) is 1. The Kier molecular flexibility index (Phi) is 6.39. The molecular weight excluding hydrogens is 248 g/mol. The Bertz CT molecular complexity index is 289. The van der Waals surface area contributed by atoms with Gasteiger partial charge in [-0.25, -0.2) is 4.79 Å². The Hall–Kier alpha value is -0.840. The smallest absolute Gasteiger partial charge is 0.410 e. The van der Waals surface area contributed by atoms with Crippen molar-refractivity contribution in [1.82, 2.24) is 4.90 Å². The predicted octanol–water partition coefficient (Wildman–Crippen LogP) is 2.70. The molecule has 0 unspecified atom stereocenters. The van der Waals surface area contributed by atoms with E-state index in [2.05, 4.69) is 13.8 Å². The molecule has 1 aliphatic carbocycles. The van der Waals surface area contributed by atoms with Crippen LogP contribution in [-0.4, -0.2) is 35.2 Å². The van der Waals surface area contributed by atoms with E-state index >= 15 is 0 Å². The van der Waals surface area contributed by atoms with Crippen LogP contribution in [0.4, 0.5) is 4.79 Å². The maximum Gasteiger partial charge on any atom is 0.410 e. The van der Waals surface area contributed by atoms with E-state index in [0.29, 0.717) is 30.4 Å². The summed E-state index contributed by atoms with van der Waals surface area (Å²) in [4.78, 5) is 14.2. The molecule has 0 aromatic carbocycles. The van der Waals surface area contributed by atoms with Crippen LogP contribution in [0.3, 0.4) is 0 Å². The standard InChI is InChI=1S/C13H24N2O2S/c1-10(2)9-15(8-7-12(14)18)13(16)17-11-5-3-4-6-11/h10-11H,3-9H2,1-2H3,(H2,14,18). The van der Waals surface area contributed by atoms with Crippen molar-refractivity contribution in [2.75, 3.05) is 13.1 Å². The lowest BCUT2D eigenvalue weighted by Gasteiger charge is -2.25. The Morgan fingerprint density at radius 1 is 1.44 bits per heavy atom. The molecule has 1 saturated carbocycles. The average Bonchev–Trinajstić information content (AvgIpc) is 2.76. The summed E-state index contributed by atoms with van der Waals surface area (Å²) < 4.78 is 5.51. The summed E-state index contributed by atoms with van der Waals surface area (Å²) in [7, 11) is 0. The number of carbonyl (C=O) groups excluding carboxylic acids is 1. The van der Waals surface area contributed by atoms with Gasteiger partial charge in [-0.15, -0.1) is 0 Å². The number of nitrogens with two attached hydrogens (primary N) is 1. The van der Waals surface area contributed by atoms with Crippen LogP contribution in [0.5, 0.6) is 0 Å². The zero-order valence-electron chi connectivity index (χ0n) is 11.4. The molecule has 0 bridgehead atoms. The van der Waals surface area contributed by atoms with E-state index in [-0.39, 0.29) is 12.2 Å². The van der Waals surface area contributed by atoms with Crippen molar-refractivity contribution in [1.29, 1.82) is 0 Å². The third-order valence-electron chi connectivity index (χ3n) is 3.04. The van der Waals surface area contributed by atoms with Crippen molar-refractivity contribution < 1.29 is 9.53 Å². The van der Waals surface area contributed by atoms with Crippen LogP contribution in [0.2, 0.25) is 0 Å². The molecule has 1 fully saturated rings. The molecule has 5 heteroatoms. The van der Waals surface area contributed by atoms with E-state index < -0.39 is 0 Å². The molecule has 0 aliphatic heterocycles. The molecule has 18 heavy (non-hydrogen) atoms. The van der Waals surface area contributed by atoms with Crippen LogP contribution < -0.4 is 5.73 Å². The van der Waals surface area contributed by atoms with Crippen LogP contribution in [0, 0.1) is 5.92 Å². The van der Waals surface area contributed by atoms with Gasteiger partial charge in [0, 0.05) is 19.5 Å². The van der Waals surface area contributed by atoms with E-state index in [9.17, 15) is 4.79 Å². The minimum absolute atomic E-state index is 0.108. The first-order valence-electron chi connectivity index (χ1n) is 6.73. The molecular formula is C13H24N2O2S. The Balaban J connectivity index is 2.45. The maximum absolute atomic E-state index is 12.1. The summed E-state index contributed by atoms with van der Waals surface area (Å²) >= 11 is 4.86. The fraction of sp³-hybridized carbons (Fsp3) is 0.846. The van der Waals surface area contributed by atoms with Crippen molar-refractivity contribution in [2.24, 2.45) is 11.7 Å². The molecule has 104 valence electrons. The highest BCUT2D eigenvalue weighted by molar-refractivity contribution is 7.80. The van der Waals surface area contributed by atoms with Gasteiger partial charge in [0.2, 0.25) is 0 Å². The van der Waals surface area contributed by atoms with E-state index in [0.717, 1.165) is 25.7 Å². The van der Waals surface area contributed by atoms with Gasteiger partial charge in [-0.1, -0.05) is 26.1 Å². The highest BCUT2D eigenvalue weighted by atomic mass is 32.1. The number of amides is 1. The monoisotopic (exact) mass is 272 g/mol. The Labute approximate surface area is 115 Å². The second-order valence-electron chi connectivity index (χ2n) is 5.35. The van der Waals surface area contributed by atoms with Gasteiger partial charge in [0.15, 0.2) is 0 Å². The molecule has 0 saturated heterocycles. The average molecular weight is 272 g/mol. The van der Waals surface area contributed by atoms with Gasteiger partial charge < -0.3 is 15.4 Å². The Morgan fingerprint density at radius 3 is 2.56 bits per heavy atom. The molecule has 0 aromatic heterocycles. The second kappa shape index (κ2) is 7.56. The van der Waals surface area contributed by atoms with Gasteiger partial charge in [-0.2, -0.15) is 0 Å². The van der Waals surface area contributed by atoms with Gasteiger partial charge in [0.1, 0.15) is 6.10 Å². The highest BCUT2D eigenvalue weighted by Crippen LogP contribution is 2.21. The lowest BCUT2D eigenvalue weighted by Crippen LogP contribution is -2.38. The van der Waals surface area contributed by atoms with Crippen LogP contribution in [-0.2, 0) is 4.74 Å². The van der Waals surface area contributed by atoms with Gasteiger partial charge >= 0.3 is 6.09 Å². The first-order valence-corrected chi connectivity index (χ1v) is 7.13. The van der Waals surface area contributed by atoms with E-state index in [1.54, 1.807) is 4.90 Å². The number of ether oxygens (including phenoxy) is 1. The first kappa shape index (κ1) is 15.2. The normalized spacial score (nSPS) is 15.9. The molecule has 1 rings (SSSR count). The summed E-state index contributed by atoms with van der Waals surface area (Å²) in [6.45, 7) is 5.40. The lowest BCUT2D eigenvalue weighted by atomic mass is 10.2. The number of rotatable bonds is 6. The highest BCUT2D eigenvalue weighted by Gasteiger charge is 2.23. The molecule has 1 aliphatic rings. The van der Waals surface area contributed by atoms with Gasteiger partial charge in [-0.3, -0.25) is 0 Å². The zero-order chi connectivity index (χ0) is 13.5. The molecule has 0 atom stereocenters. The minimum atomic E-state index is -0.216. The van der Waals surface area contributed by atoms with Crippen LogP contribution in [0.1, 0.15) is 46.0 Å². The SMILES string of the molecule is CC(C)CN(CCC(N)=S)C(=O)OC1CCCC1. The first-order chi connectivity index (χ1) is 8.49. The van der Waals surface area contributed by atoms with Gasteiger partial charge in [0.05, 0.1) is 4.99 Å². The third-order valence-corrected chi connectivity index (χ3v) is 3.25. The Morgan fingerprint density at radius 2 is 2.06 bits per heavy atom. The lowest BCUT2D eigenvalue weighted by molar-refractivity contribution is 0.0630.